The Bertz CT molecular complexity index is 767. The minimum atomic E-state index is -0.851. The van der Waals surface area contributed by atoms with Crippen molar-refractivity contribution in [1.29, 1.82) is 0 Å². The molecule has 11 nitrogen and oxygen atoms in total. The van der Waals surface area contributed by atoms with Gasteiger partial charge < -0.3 is 0 Å². The maximum atomic E-state index is 11.0. The van der Waals surface area contributed by atoms with Crippen LogP contribution in [0.4, 0.5) is 17.1 Å². The summed E-state index contributed by atoms with van der Waals surface area (Å²) in [6, 6.07) is 2.83. The van der Waals surface area contributed by atoms with Crippen LogP contribution in [0.15, 0.2) is 18.2 Å². The fourth-order valence-electron chi connectivity index (χ4n) is 1.82. The molecule has 0 radical (unpaired) electrons. The van der Waals surface area contributed by atoms with Crippen molar-refractivity contribution in [2.45, 2.75) is 6.92 Å². The van der Waals surface area contributed by atoms with E-state index in [0.29, 0.717) is 0 Å². The van der Waals surface area contributed by atoms with Crippen LogP contribution in [0, 0.1) is 37.3 Å². The molecule has 11 heteroatoms. The van der Waals surface area contributed by atoms with E-state index in [1.54, 1.807) is 0 Å². The Morgan fingerprint density at radius 2 is 1.71 bits per heavy atom. The van der Waals surface area contributed by atoms with E-state index in [-0.39, 0.29) is 17.0 Å². The molecule has 1 aromatic heterocycles. The van der Waals surface area contributed by atoms with Crippen molar-refractivity contribution >= 4 is 17.1 Å². The van der Waals surface area contributed by atoms with Gasteiger partial charge >= 0.3 is 5.69 Å². The third-order valence-corrected chi connectivity index (χ3v) is 2.74. The number of rotatable bonds is 4. The number of nitro benzene ring substituents is 2. The molecule has 2 rings (SSSR count). The predicted octanol–water partition coefficient (Wildman–Crippen LogP) is 2.11. The smallest absolute Gasteiger partial charge is 0.275 e. The number of nitrogens with zero attached hydrogens (tertiary/aromatic N) is 4. The van der Waals surface area contributed by atoms with E-state index >= 15 is 0 Å². The summed E-state index contributed by atoms with van der Waals surface area (Å²) >= 11 is 0. The molecule has 0 unspecified atom stereocenters. The molecule has 1 aromatic carbocycles. The number of benzene rings is 1. The van der Waals surface area contributed by atoms with Crippen LogP contribution in [-0.2, 0) is 0 Å². The predicted molar refractivity (Wildman–Crippen MR) is 68.7 cm³/mol. The molecular weight excluding hydrogens is 286 g/mol. The number of H-pyrrole nitrogens is 1. The molecular formula is C10H7N5O6. The van der Waals surface area contributed by atoms with Crippen LogP contribution in [0.3, 0.4) is 0 Å². The number of hydrogen-bond acceptors (Lipinski definition) is 7. The molecule has 0 saturated carbocycles. The molecule has 0 spiro atoms. The van der Waals surface area contributed by atoms with Gasteiger partial charge in [-0.2, -0.15) is 5.10 Å². The van der Waals surface area contributed by atoms with E-state index in [2.05, 4.69) is 10.2 Å². The molecule has 1 N–H and O–H groups in total. The van der Waals surface area contributed by atoms with Crippen molar-refractivity contribution in [3.05, 3.63) is 54.2 Å². The van der Waals surface area contributed by atoms with Gasteiger partial charge in [0.25, 0.3) is 11.4 Å². The number of aryl methyl sites for hydroxylation is 1. The quantitative estimate of drug-likeness (QED) is 0.667. The zero-order valence-electron chi connectivity index (χ0n) is 10.5. The first-order chi connectivity index (χ1) is 9.82. The minimum Gasteiger partial charge on any atom is -0.275 e. The van der Waals surface area contributed by atoms with Crippen molar-refractivity contribution < 1.29 is 14.8 Å². The van der Waals surface area contributed by atoms with Gasteiger partial charge in [-0.05, 0) is 13.0 Å². The molecule has 0 aliphatic carbocycles. The highest BCUT2D eigenvalue weighted by Gasteiger charge is 2.29. The van der Waals surface area contributed by atoms with Gasteiger partial charge in [0.15, 0.2) is 5.69 Å². The summed E-state index contributed by atoms with van der Waals surface area (Å²) in [7, 11) is 0. The van der Waals surface area contributed by atoms with Crippen molar-refractivity contribution in [1.82, 2.24) is 10.2 Å². The van der Waals surface area contributed by atoms with Gasteiger partial charge in [-0.15, -0.1) is 0 Å². The topological polar surface area (TPSA) is 158 Å². The van der Waals surface area contributed by atoms with E-state index in [9.17, 15) is 30.3 Å². The van der Waals surface area contributed by atoms with Crippen LogP contribution in [-0.4, -0.2) is 25.0 Å². The Labute approximate surface area is 115 Å². The molecule has 2 aromatic rings. The van der Waals surface area contributed by atoms with Crippen LogP contribution < -0.4 is 0 Å². The Balaban J connectivity index is 2.72. The Morgan fingerprint density at radius 3 is 2.24 bits per heavy atom. The number of nitrogens with one attached hydrogen (secondary N) is 1. The Hall–Kier alpha value is -3.37. The second kappa shape index (κ2) is 4.96. The summed E-state index contributed by atoms with van der Waals surface area (Å²) in [5.74, 6) is 0. The first-order valence-corrected chi connectivity index (χ1v) is 5.45. The van der Waals surface area contributed by atoms with Gasteiger partial charge in [0.2, 0.25) is 0 Å². The van der Waals surface area contributed by atoms with Crippen molar-refractivity contribution in [2.24, 2.45) is 0 Å². The van der Waals surface area contributed by atoms with Gasteiger partial charge in [-0.25, -0.2) is 0 Å². The van der Waals surface area contributed by atoms with Gasteiger partial charge in [0.1, 0.15) is 5.69 Å². The van der Waals surface area contributed by atoms with E-state index < -0.39 is 31.8 Å². The molecule has 0 aliphatic heterocycles. The summed E-state index contributed by atoms with van der Waals surface area (Å²) in [5, 5.41) is 38.7. The first-order valence-electron chi connectivity index (χ1n) is 5.45. The third-order valence-electron chi connectivity index (χ3n) is 2.74. The second-order valence-electron chi connectivity index (χ2n) is 4.02. The highest BCUT2D eigenvalue weighted by atomic mass is 16.6. The molecule has 21 heavy (non-hydrogen) atoms. The fourth-order valence-corrected chi connectivity index (χ4v) is 1.82. The van der Waals surface area contributed by atoms with Gasteiger partial charge in [-0.1, -0.05) is 0 Å². The standard InChI is InChI=1S/C10H7N5O6/c1-5-10(15(20)21)9(12-11-5)7-3-2-6(13(16)17)4-8(7)14(18)19/h2-4H,1H3,(H,11,12). The largest absolute Gasteiger partial charge is 0.317 e. The van der Waals surface area contributed by atoms with Gasteiger partial charge in [0.05, 0.1) is 26.4 Å². The molecule has 0 bridgehead atoms. The summed E-state index contributed by atoms with van der Waals surface area (Å²) in [4.78, 5) is 30.3. The molecule has 0 saturated heterocycles. The Morgan fingerprint density at radius 1 is 1.05 bits per heavy atom. The molecule has 0 atom stereocenters. The highest BCUT2D eigenvalue weighted by molar-refractivity contribution is 5.79. The average molecular weight is 293 g/mol. The lowest BCUT2D eigenvalue weighted by Gasteiger charge is -2.00. The third kappa shape index (κ3) is 2.39. The zero-order chi connectivity index (χ0) is 15.7. The minimum absolute atomic E-state index is 0.127. The molecule has 1 heterocycles. The Kier molecular flexibility index (Phi) is 3.32. The number of non-ortho nitro benzene ring substituents is 1. The van der Waals surface area contributed by atoms with Gasteiger partial charge in [0, 0.05) is 6.07 Å². The summed E-state index contributed by atoms with van der Waals surface area (Å²) in [6.45, 7) is 1.39. The van der Waals surface area contributed by atoms with E-state index in [1.165, 1.54) is 6.92 Å². The van der Waals surface area contributed by atoms with Crippen molar-refractivity contribution in [2.75, 3.05) is 0 Å². The maximum Gasteiger partial charge on any atom is 0.317 e. The van der Waals surface area contributed by atoms with E-state index in [0.717, 1.165) is 18.2 Å². The van der Waals surface area contributed by atoms with Crippen LogP contribution >= 0.6 is 0 Å². The molecule has 0 aliphatic rings. The van der Waals surface area contributed by atoms with Crippen LogP contribution in [0.1, 0.15) is 5.69 Å². The lowest BCUT2D eigenvalue weighted by molar-refractivity contribution is -0.394. The molecule has 0 fully saturated rings. The molecule has 108 valence electrons. The van der Waals surface area contributed by atoms with E-state index in [4.69, 9.17) is 0 Å². The lowest BCUT2D eigenvalue weighted by Crippen LogP contribution is -1.97. The normalized spacial score (nSPS) is 10.3. The van der Waals surface area contributed by atoms with Gasteiger partial charge in [-0.3, -0.25) is 35.4 Å². The van der Waals surface area contributed by atoms with Crippen LogP contribution in [0.25, 0.3) is 11.3 Å². The number of aromatic nitrogens is 2. The van der Waals surface area contributed by atoms with Crippen LogP contribution in [0.5, 0.6) is 0 Å². The number of hydrogen-bond donors (Lipinski definition) is 1. The highest BCUT2D eigenvalue weighted by Crippen LogP contribution is 2.37. The van der Waals surface area contributed by atoms with Crippen molar-refractivity contribution in [3.63, 3.8) is 0 Å². The number of aromatic amines is 1. The second-order valence-corrected chi connectivity index (χ2v) is 4.02. The SMILES string of the molecule is Cc1[nH]nc(-c2ccc([N+](=O)[O-])cc2[N+](=O)[O-])c1[N+](=O)[O-]. The average Bonchev–Trinajstić information content (AvgIpc) is 2.79. The maximum absolute atomic E-state index is 11.0. The monoisotopic (exact) mass is 293 g/mol. The summed E-state index contributed by atoms with van der Waals surface area (Å²) < 4.78 is 0. The lowest BCUT2D eigenvalue weighted by atomic mass is 10.1. The molecule has 0 amide bonds. The summed E-state index contributed by atoms with van der Waals surface area (Å²) in [6.07, 6.45) is 0. The first kappa shape index (κ1) is 14.0. The van der Waals surface area contributed by atoms with Crippen molar-refractivity contribution in [3.8, 4) is 11.3 Å². The van der Waals surface area contributed by atoms with E-state index in [1.807, 2.05) is 0 Å². The number of nitro groups is 3. The summed E-state index contributed by atoms with van der Waals surface area (Å²) in [5.41, 5.74) is -1.80. The zero-order valence-corrected chi connectivity index (χ0v) is 10.5. The fraction of sp³-hybridized carbons (Fsp3) is 0.100. The van der Waals surface area contributed by atoms with Crippen LogP contribution in [0.2, 0.25) is 0 Å².